The molecule has 3 rings (SSSR count). The summed E-state index contributed by atoms with van der Waals surface area (Å²) < 4.78 is 11.2. The third-order valence-electron chi connectivity index (χ3n) is 5.07. The fourth-order valence-corrected chi connectivity index (χ4v) is 3.05. The van der Waals surface area contributed by atoms with Crippen molar-refractivity contribution in [2.24, 2.45) is 10.8 Å². The molecule has 2 N–H and O–H groups in total. The van der Waals surface area contributed by atoms with Gasteiger partial charge in [-0.1, -0.05) is 36.4 Å². The second kappa shape index (κ2) is 8.60. The van der Waals surface area contributed by atoms with E-state index in [1.807, 2.05) is 30.3 Å². The van der Waals surface area contributed by atoms with E-state index < -0.39 is 37.0 Å². The molecule has 0 aliphatic carbocycles. The lowest BCUT2D eigenvalue weighted by Crippen LogP contribution is -2.45. The van der Waals surface area contributed by atoms with Crippen LogP contribution in [0.2, 0.25) is 0 Å². The van der Waals surface area contributed by atoms with Gasteiger partial charge < -0.3 is 19.4 Å². The van der Waals surface area contributed by atoms with Crippen molar-refractivity contribution < 1.29 is 28.9 Å². The Morgan fingerprint density at radius 2 is 1.06 bits per heavy atom. The fourth-order valence-electron chi connectivity index (χ4n) is 3.05. The highest BCUT2D eigenvalue weighted by atomic mass is 16.6. The van der Waals surface area contributed by atoms with Crippen molar-refractivity contribution in [3.05, 3.63) is 48.5 Å². The SMILES string of the molecule is CC(C)(C)C(=O)OB(OC(=O)C(C)(C)C)c1ccc2cc3ccc(B(O)O)cc3cc2c1. The molecular weight excluding hydrogens is 406 g/mol. The van der Waals surface area contributed by atoms with Crippen molar-refractivity contribution in [1.82, 2.24) is 0 Å². The lowest BCUT2D eigenvalue weighted by atomic mass is 9.76. The van der Waals surface area contributed by atoms with Gasteiger partial charge in [0.2, 0.25) is 0 Å². The van der Waals surface area contributed by atoms with Crippen molar-refractivity contribution in [3.8, 4) is 0 Å². The van der Waals surface area contributed by atoms with E-state index in [2.05, 4.69) is 0 Å². The highest BCUT2D eigenvalue weighted by Crippen LogP contribution is 2.23. The Morgan fingerprint density at radius 1 is 0.656 bits per heavy atom. The van der Waals surface area contributed by atoms with Crippen LogP contribution in [-0.2, 0) is 18.9 Å². The molecule has 0 aliphatic rings. The first kappa shape index (κ1) is 23.8. The second-order valence-electron chi connectivity index (χ2n) is 10.1. The minimum Gasteiger partial charge on any atom is -0.495 e. The Kier molecular flexibility index (Phi) is 6.40. The molecule has 0 saturated carbocycles. The normalized spacial score (nSPS) is 12.0. The Morgan fingerprint density at radius 3 is 1.50 bits per heavy atom. The highest BCUT2D eigenvalue weighted by molar-refractivity contribution is 6.64. The zero-order valence-corrected chi connectivity index (χ0v) is 19.3. The van der Waals surface area contributed by atoms with Crippen LogP contribution in [0, 0.1) is 10.8 Å². The van der Waals surface area contributed by atoms with Gasteiger partial charge in [-0.15, -0.1) is 0 Å². The fraction of sp³-hybridized carbons (Fsp3) is 0.333. The molecule has 0 bridgehead atoms. The van der Waals surface area contributed by atoms with Gasteiger partial charge in [0.25, 0.3) is 11.9 Å². The van der Waals surface area contributed by atoms with Crippen molar-refractivity contribution in [3.63, 3.8) is 0 Å². The molecule has 0 aliphatic heterocycles. The molecule has 3 aromatic rings. The lowest BCUT2D eigenvalue weighted by molar-refractivity contribution is -0.149. The van der Waals surface area contributed by atoms with E-state index >= 15 is 0 Å². The summed E-state index contributed by atoms with van der Waals surface area (Å²) in [4.78, 5) is 25.1. The van der Waals surface area contributed by atoms with Crippen LogP contribution in [0.25, 0.3) is 21.5 Å². The molecule has 0 amide bonds. The van der Waals surface area contributed by atoms with Gasteiger partial charge in [-0.05, 0) is 80.7 Å². The second-order valence-corrected chi connectivity index (χ2v) is 10.1. The molecule has 0 atom stereocenters. The third kappa shape index (κ3) is 5.31. The van der Waals surface area contributed by atoms with Gasteiger partial charge in [0.1, 0.15) is 0 Å². The molecule has 0 heterocycles. The van der Waals surface area contributed by atoms with Gasteiger partial charge in [0, 0.05) is 5.46 Å². The summed E-state index contributed by atoms with van der Waals surface area (Å²) in [6.45, 7) is 10.4. The molecule has 3 aromatic carbocycles. The van der Waals surface area contributed by atoms with Crippen LogP contribution >= 0.6 is 0 Å². The number of carbonyl (C=O) groups excluding carboxylic acids is 2. The maximum absolute atomic E-state index is 12.6. The predicted molar refractivity (Wildman–Crippen MR) is 128 cm³/mol. The maximum atomic E-state index is 12.6. The van der Waals surface area contributed by atoms with Crippen LogP contribution < -0.4 is 10.9 Å². The molecule has 0 spiro atoms. The summed E-state index contributed by atoms with van der Waals surface area (Å²) in [5, 5.41) is 22.5. The van der Waals surface area contributed by atoms with Gasteiger partial charge in [-0.3, -0.25) is 9.59 Å². The van der Waals surface area contributed by atoms with Gasteiger partial charge in [0.05, 0.1) is 10.8 Å². The highest BCUT2D eigenvalue weighted by Gasteiger charge is 2.37. The first-order valence-electron chi connectivity index (χ1n) is 10.5. The summed E-state index contributed by atoms with van der Waals surface area (Å²) >= 11 is 0. The molecule has 0 radical (unpaired) electrons. The molecular formula is C24H28B2O6. The van der Waals surface area contributed by atoms with Crippen LogP contribution in [0.4, 0.5) is 0 Å². The van der Waals surface area contributed by atoms with E-state index in [0.717, 1.165) is 21.5 Å². The van der Waals surface area contributed by atoms with E-state index in [4.69, 9.17) is 9.31 Å². The zero-order valence-electron chi connectivity index (χ0n) is 19.3. The average Bonchev–Trinajstić information content (AvgIpc) is 2.69. The molecule has 0 unspecified atom stereocenters. The smallest absolute Gasteiger partial charge is 0.495 e. The third-order valence-corrected chi connectivity index (χ3v) is 5.07. The van der Waals surface area contributed by atoms with E-state index in [9.17, 15) is 19.6 Å². The van der Waals surface area contributed by atoms with E-state index in [0.29, 0.717) is 10.9 Å². The molecule has 32 heavy (non-hydrogen) atoms. The monoisotopic (exact) mass is 434 g/mol. The van der Waals surface area contributed by atoms with Gasteiger partial charge in [-0.2, -0.15) is 0 Å². The molecule has 0 fully saturated rings. The zero-order chi connectivity index (χ0) is 23.8. The van der Waals surface area contributed by atoms with Crippen molar-refractivity contribution in [2.75, 3.05) is 0 Å². The van der Waals surface area contributed by atoms with Crippen LogP contribution in [0.1, 0.15) is 41.5 Å². The molecule has 0 saturated heterocycles. The first-order valence-corrected chi connectivity index (χ1v) is 10.5. The summed E-state index contributed by atoms with van der Waals surface area (Å²) in [5.41, 5.74) is -0.600. The van der Waals surface area contributed by atoms with Gasteiger partial charge >= 0.3 is 14.2 Å². The Hall–Kier alpha value is -2.83. The van der Waals surface area contributed by atoms with Gasteiger partial charge in [-0.25, -0.2) is 0 Å². The van der Waals surface area contributed by atoms with Crippen LogP contribution in [0.5, 0.6) is 0 Å². The maximum Gasteiger partial charge on any atom is 0.636 e. The minimum atomic E-state index is -1.56. The van der Waals surface area contributed by atoms with Crippen molar-refractivity contribution in [2.45, 2.75) is 41.5 Å². The summed E-state index contributed by atoms with van der Waals surface area (Å²) in [7, 11) is -2.74. The van der Waals surface area contributed by atoms with Gasteiger partial charge in [0.15, 0.2) is 0 Å². The molecule has 8 heteroatoms. The summed E-state index contributed by atoms with van der Waals surface area (Å²) in [6, 6.07) is 14.6. The number of rotatable bonds is 4. The Bertz CT molecular complexity index is 1150. The quantitative estimate of drug-likeness (QED) is 0.485. The van der Waals surface area contributed by atoms with Crippen LogP contribution in [0.3, 0.4) is 0 Å². The number of fused-ring (bicyclic) bond motifs is 2. The number of carbonyl (C=O) groups is 2. The Balaban J connectivity index is 2.06. The molecule has 0 aromatic heterocycles. The molecule has 166 valence electrons. The first-order chi connectivity index (χ1) is 14.8. The van der Waals surface area contributed by atoms with E-state index in [1.54, 1.807) is 59.7 Å². The number of hydrogen-bond acceptors (Lipinski definition) is 6. The standard InChI is InChI=1S/C24H28B2O6/c1-23(2,3)21(27)31-26(32-22(28)24(4,5)6)20-10-8-16-11-15-7-9-19(25(29)30)13-17(15)12-18(16)14-20/h7-14,29-30H,1-6H3. The summed E-state index contributed by atoms with van der Waals surface area (Å²) in [5.74, 6) is -0.964. The van der Waals surface area contributed by atoms with Crippen molar-refractivity contribution >= 4 is 58.6 Å². The van der Waals surface area contributed by atoms with Crippen molar-refractivity contribution in [1.29, 1.82) is 0 Å². The Labute approximate surface area is 188 Å². The van der Waals surface area contributed by atoms with Crippen LogP contribution in [-0.4, -0.2) is 36.2 Å². The summed E-state index contributed by atoms with van der Waals surface area (Å²) in [6.07, 6.45) is 0. The van der Waals surface area contributed by atoms with E-state index in [1.165, 1.54) is 0 Å². The molecule has 6 nitrogen and oxygen atoms in total. The lowest BCUT2D eigenvalue weighted by Gasteiger charge is -2.24. The predicted octanol–water partition coefficient (Wildman–Crippen LogP) is 2.55. The minimum absolute atomic E-state index is 0.393. The van der Waals surface area contributed by atoms with Crippen LogP contribution in [0.15, 0.2) is 48.5 Å². The number of hydrogen-bond donors (Lipinski definition) is 2. The van der Waals surface area contributed by atoms with E-state index in [-0.39, 0.29) is 0 Å². The largest absolute Gasteiger partial charge is 0.636 e. The topological polar surface area (TPSA) is 93.1 Å². The average molecular weight is 434 g/mol. The number of benzene rings is 3.